The summed E-state index contributed by atoms with van der Waals surface area (Å²) in [6, 6.07) is 11.0. The molecule has 1 aliphatic rings. The normalized spacial score (nSPS) is 12.6. The lowest BCUT2D eigenvalue weighted by Gasteiger charge is -2.21. The first kappa shape index (κ1) is 19.8. The molecule has 28 heavy (non-hydrogen) atoms. The molecule has 7 nitrogen and oxygen atoms in total. The molecule has 1 aliphatic heterocycles. The average molecular weight is 386 g/mol. The van der Waals surface area contributed by atoms with Crippen LogP contribution in [-0.2, 0) is 6.54 Å². The van der Waals surface area contributed by atoms with Gasteiger partial charge in [0.25, 0.3) is 5.91 Å². The molecule has 0 aromatic heterocycles. The van der Waals surface area contributed by atoms with E-state index >= 15 is 0 Å². The molecule has 0 fully saturated rings. The maximum absolute atomic E-state index is 12.6. The first-order valence-corrected chi connectivity index (χ1v) is 9.19. The van der Waals surface area contributed by atoms with Crippen LogP contribution in [0.1, 0.15) is 15.9 Å². The molecule has 1 heterocycles. The molecule has 0 bridgehead atoms. The van der Waals surface area contributed by atoms with Crippen LogP contribution in [0.25, 0.3) is 0 Å². The van der Waals surface area contributed by atoms with Crippen molar-refractivity contribution in [2.45, 2.75) is 6.54 Å². The van der Waals surface area contributed by atoms with Crippen molar-refractivity contribution in [1.82, 2.24) is 10.2 Å². The molecule has 0 atom stereocenters. The van der Waals surface area contributed by atoms with Gasteiger partial charge in [-0.3, -0.25) is 4.79 Å². The van der Waals surface area contributed by atoms with Crippen molar-refractivity contribution in [2.75, 3.05) is 47.6 Å². The quantitative estimate of drug-likeness (QED) is 0.751. The molecule has 150 valence electrons. The third kappa shape index (κ3) is 5.07. The molecule has 0 aliphatic carbocycles. The van der Waals surface area contributed by atoms with Gasteiger partial charge in [-0.2, -0.15) is 0 Å². The van der Waals surface area contributed by atoms with E-state index in [4.69, 9.17) is 18.9 Å². The summed E-state index contributed by atoms with van der Waals surface area (Å²) in [4.78, 5) is 14.6. The summed E-state index contributed by atoms with van der Waals surface area (Å²) in [5, 5.41) is 2.91. The standard InChI is InChI=1S/C21H26N2O5/c1-23(2)8-9-26-17-6-4-15(5-7-17)14-22-21(24)16-12-18(25-3)20-19(13-16)27-10-11-28-20/h4-7,12-13H,8-11,14H2,1-3H3,(H,22,24). The SMILES string of the molecule is COc1cc(C(=O)NCc2ccc(OCCN(C)C)cc2)cc2c1OCCO2. The Morgan fingerprint density at radius 3 is 2.61 bits per heavy atom. The molecule has 2 aromatic rings. The number of hydrogen-bond acceptors (Lipinski definition) is 6. The van der Waals surface area contributed by atoms with E-state index in [9.17, 15) is 4.79 Å². The predicted octanol–water partition coefficient (Wildman–Crippen LogP) is 2.34. The van der Waals surface area contributed by atoms with Crippen molar-refractivity contribution >= 4 is 5.91 Å². The van der Waals surface area contributed by atoms with Crippen LogP contribution < -0.4 is 24.3 Å². The fourth-order valence-corrected chi connectivity index (χ4v) is 2.74. The second-order valence-electron chi connectivity index (χ2n) is 6.68. The Balaban J connectivity index is 1.58. The molecular weight excluding hydrogens is 360 g/mol. The number of carbonyl (C=O) groups is 1. The molecule has 1 amide bonds. The molecule has 0 spiro atoms. The largest absolute Gasteiger partial charge is 0.493 e. The molecule has 3 rings (SSSR count). The Hall–Kier alpha value is -2.93. The lowest BCUT2D eigenvalue weighted by molar-refractivity contribution is 0.0949. The third-order valence-corrected chi connectivity index (χ3v) is 4.27. The van der Waals surface area contributed by atoms with Gasteiger partial charge in [-0.05, 0) is 43.9 Å². The maximum Gasteiger partial charge on any atom is 0.251 e. The number of methoxy groups -OCH3 is 1. The third-order valence-electron chi connectivity index (χ3n) is 4.27. The van der Waals surface area contributed by atoms with Gasteiger partial charge in [-0.1, -0.05) is 12.1 Å². The van der Waals surface area contributed by atoms with E-state index in [0.29, 0.717) is 49.2 Å². The van der Waals surface area contributed by atoms with Gasteiger partial charge in [-0.25, -0.2) is 0 Å². The van der Waals surface area contributed by atoms with Crippen LogP contribution >= 0.6 is 0 Å². The van der Waals surface area contributed by atoms with Gasteiger partial charge in [-0.15, -0.1) is 0 Å². The van der Waals surface area contributed by atoms with E-state index in [1.165, 1.54) is 7.11 Å². The Morgan fingerprint density at radius 1 is 1.14 bits per heavy atom. The minimum Gasteiger partial charge on any atom is -0.493 e. The highest BCUT2D eigenvalue weighted by Crippen LogP contribution is 2.40. The zero-order valence-electron chi connectivity index (χ0n) is 16.5. The molecule has 7 heteroatoms. The Kier molecular flexibility index (Phi) is 6.60. The first-order valence-electron chi connectivity index (χ1n) is 9.19. The monoisotopic (exact) mass is 386 g/mol. The highest BCUT2D eigenvalue weighted by atomic mass is 16.6. The number of hydrogen-bond donors (Lipinski definition) is 1. The van der Waals surface area contributed by atoms with Crippen molar-refractivity contribution < 1.29 is 23.7 Å². The number of nitrogens with one attached hydrogen (secondary N) is 1. The number of carbonyl (C=O) groups excluding carboxylic acids is 1. The van der Waals surface area contributed by atoms with Gasteiger partial charge in [0, 0.05) is 18.7 Å². The minimum absolute atomic E-state index is 0.207. The van der Waals surface area contributed by atoms with Crippen LogP contribution in [0.5, 0.6) is 23.0 Å². The van der Waals surface area contributed by atoms with Crippen LogP contribution in [0.2, 0.25) is 0 Å². The molecule has 1 N–H and O–H groups in total. The molecule has 0 saturated heterocycles. The second-order valence-corrected chi connectivity index (χ2v) is 6.68. The fraction of sp³-hybridized carbons (Fsp3) is 0.381. The molecule has 0 radical (unpaired) electrons. The Labute approximate surface area is 165 Å². The topological polar surface area (TPSA) is 69.3 Å². The summed E-state index contributed by atoms with van der Waals surface area (Å²) in [5.74, 6) is 2.15. The number of ether oxygens (including phenoxy) is 4. The van der Waals surface area contributed by atoms with E-state index in [-0.39, 0.29) is 5.91 Å². The molecule has 0 unspecified atom stereocenters. The number of fused-ring (bicyclic) bond motifs is 1. The summed E-state index contributed by atoms with van der Waals surface area (Å²) < 4.78 is 22.1. The van der Waals surface area contributed by atoms with Crippen LogP contribution in [0, 0.1) is 0 Å². The van der Waals surface area contributed by atoms with Gasteiger partial charge in [0.05, 0.1) is 7.11 Å². The smallest absolute Gasteiger partial charge is 0.251 e. The lowest BCUT2D eigenvalue weighted by Crippen LogP contribution is -2.23. The van der Waals surface area contributed by atoms with Gasteiger partial charge in [0.1, 0.15) is 25.6 Å². The van der Waals surface area contributed by atoms with Gasteiger partial charge < -0.3 is 29.2 Å². The number of rotatable bonds is 8. The fourth-order valence-electron chi connectivity index (χ4n) is 2.74. The van der Waals surface area contributed by atoms with E-state index in [0.717, 1.165) is 17.9 Å². The average Bonchev–Trinajstić information content (AvgIpc) is 2.71. The Bertz CT molecular complexity index is 788. The molecular formula is C21H26N2O5. The number of likely N-dealkylation sites (N-methyl/N-ethyl adjacent to an activating group) is 1. The van der Waals surface area contributed by atoms with Crippen molar-refractivity contribution in [3.8, 4) is 23.0 Å². The van der Waals surface area contributed by atoms with Crippen molar-refractivity contribution in [1.29, 1.82) is 0 Å². The van der Waals surface area contributed by atoms with Crippen LogP contribution in [0.3, 0.4) is 0 Å². The molecule has 2 aromatic carbocycles. The molecule has 0 saturated carbocycles. The van der Waals surface area contributed by atoms with Crippen LogP contribution in [0.4, 0.5) is 0 Å². The summed E-state index contributed by atoms with van der Waals surface area (Å²) in [7, 11) is 5.55. The summed E-state index contributed by atoms with van der Waals surface area (Å²) in [6.07, 6.45) is 0. The first-order chi connectivity index (χ1) is 13.6. The number of amides is 1. The van der Waals surface area contributed by atoms with Crippen LogP contribution in [0.15, 0.2) is 36.4 Å². The zero-order chi connectivity index (χ0) is 19.9. The van der Waals surface area contributed by atoms with E-state index in [1.807, 2.05) is 38.4 Å². The van der Waals surface area contributed by atoms with E-state index in [1.54, 1.807) is 12.1 Å². The lowest BCUT2D eigenvalue weighted by atomic mass is 10.1. The van der Waals surface area contributed by atoms with E-state index < -0.39 is 0 Å². The summed E-state index contributed by atoms with van der Waals surface area (Å²) >= 11 is 0. The van der Waals surface area contributed by atoms with Gasteiger partial charge >= 0.3 is 0 Å². The summed E-state index contributed by atoms with van der Waals surface area (Å²) in [5.41, 5.74) is 1.45. The van der Waals surface area contributed by atoms with Gasteiger partial charge in [0.2, 0.25) is 5.75 Å². The zero-order valence-corrected chi connectivity index (χ0v) is 16.5. The van der Waals surface area contributed by atoms with Gasteiger partial charge in [0.15, 0.2) is 11.5 Å². The van der Waals surface area contributed by atoms with Crippen molar-refractivity contribution in [3.63, 3.8) is 0 Å². The predicted molar refractivity (Wildman–Crippen MR) is 106 cm³/mol. The van der Waals surface area contributed by atoms with Crippen molar-refractivity contribution in [2.24, 2.45) is 0 Å². The van der Waals surface area contributed by atoms with Crippen molar-refractivity contribution in [3.05, 3.63) is 47.5 Å². The number of nitrogens with zero attached hydrogens (tertiary/aromatic N) is 1. The van der Waals surface area contributed by atoms with E-state index in [2.05, 4.69) is 10.2 Å². The minimum atomic E-state index is -0.207. The second kappa shape index (κ2) is 9.32. The van der Waals surface area contributed by atoms with Crippen LogP contribution in [-0.4, -0.2) is 58.4 Å². The maximum atomic E-state index is 12.6. The number of benzene rings is 2. The Morgan fingerprint density at radius 2 is 1.89 bits per heavy atom. The highest BCUT2D eigenvalue weighted by molar-refractivity contribution is 5.95. The highest BCUT2D eigenvalue weighted by Gasteiger charge is 2.20. The summed E-state index contributed by atoms with van der Waals surface area (Å²) in [6.45, 7) is 2.81.